The highest BCUT2D eigenvalue weighted by Gasteiger charge is 2.36. The molecule has 1 aromatic rings. The number of carbonyl (C=O) groups is 2. The number of rotatable bonds is 4. The number of amides is 3. The largest absolute Gasteiger partial charge is 0.341 e. The Kier molecular flexibility index (Phi) is 5.50. The molecule has 0 N–H and O–H groups in total. The molecule has 1 aromatic carbocycles. The summed E-state index contributed by atoms with van der Waals surface area (Å²) in [6, 6.07) is 5.74. The van der Waals surface area contributed by atoms with Gasteiger partial charge in [-0.25, -0.2) is 17.5 Å². The van der Waals surface area contributed by atoms with Crippen LogP contribution >= 0.6 is 0 Å². The summed E-state index contributed by atoms with van der Waals surface area (Å²) < 4.78 is 27.0. The number of aryl methyl sites for hydroxylation is 1. The van der Waals surface area contributed by atoms with Crippen LogP contribution in [0.5, 0.6) is 0 Å². The third-order valence-electron chi connectivity index (χ3n) is 4.94. The summed E-state index contributed by atoms with van der Waals surface area (Å²) >= 11 is 0. The lowest BCUT2D eigenvalue weighted by Gasteiger charge is -2.28. The number of sulfonamides is 1. The van der Waals surface area contributed by atoms with E-state index in [0.29, 0.717) is 26.2 Å². The minimum atomic E-state index is -4.08. The van der Waals surface area contributed by atoms with Crippen molar-refractivity contribution in [3.8, 4) is 0 Å². The van der Waals surface area contributed by atoms with Gasteiger partial charge in [-0.05, 0) is 44.7 Å². The zero-order chi connectivity index (χ0) is 18.7. The van der Waals surface area contributed by atoms with Gasteiger partial charge in [0.15, 0.2) is 0 Å². The summed E-state index contributed by atoms with van der Waals surface area (Å²) in [6.45, 7) is 3.71. The Balaban J connectivity index is 1.89. The number of nitrogens with zero attached hydrogens (tertiary/aromatic N) is 3. The van der Waals surface area contributed by atoms with Gasteiger partial charge in [0.2, 0.25) is 5.91 Å². The number of urea groups is 1. The van der Waals surface area contributed by atoms with E-state index < -0.39 is 22.6 Å². The normalized spacial score (nSPS) is 17.6. The van der Waals surface area contributed by atoms with E-state index in [1.54, 1.807) is 17.0 Å². The Morgan fingerprint density at radius 3 is 1.96 bits per heavy atom. The minimum absolute atomic E-state index is 0.0323. The molecule has 0 radical (unpaired) electrons. The monoisotopic (exact) mass is 379 g/mol. The molecule has 3 amide bonds. The Labute approximate surface area is 154 Å². The first kappa shape index (κ1) is 18.7. The fraction of sp³-hybridized carbons (Fsp3) is 0.556. The van der Waals surface area contributed by atoms with E-state index in [9.17, 15) is 18.0 Å². The molecule has 0 aromatic heterocycles. The van der Waals surface area contributed by atoms with Gasteiger partial charge in [0.05, 0.1) is 4.90 Å². The van der Waals surface area contributed by atoms with Crippen LogP contribution in [-0.2, 0) is 14.8 Å². The number of likely N-dealkylation sites (tertiary alicyclic amines) is 2. The van der Waals surface area contributed by atoms with Crippen LogP contribution in [0.4, 0.5) is 4.79 Å². The van der Waals surface area contributed by atoms with Crippen molar-refractivity contribution in [1.29, 1.82) is 0 Å². The molecule has 8 heteroatoms. The molecule has 0 atom stereocenters. The number of carbonyl (C=O) groups excluding carboxylic acids is 2. The van der Waals surface area contributed by atoms with E-state index in [2.05, 4.69) is 0 Å². The van der Waals surface area contributed by atoms with Crippen LogP contribution in [0.15, 0.2) is 29.2 Å². The van der Waals surface area contributed by atoms with Crippen molar-refractivity contribution < 1.29 is 18.0 Å². The lowest BCUT2D eigenvalue weighted by Crippen LogP contribution is -2.49. The lowest BCUT2D eigenvalue weighted by atomic mass is 10.2. The van der Waals surface area contributed by atoms with Crippen LogP contribution in [0.25, 0.3) is 0 Å². The van der Waals surface area contributed by atoms with Gasteiger partial charge < -0.3 is 9.80 Å². The van der Waals surface area contributed by atoms with Gasteiger partial charge >= 0.3 is 6.03 Å². The van der Waals surface area contributed by atoms with Crippen LogP contribution in [0.2, 0.25) is 0 Å². The van der Waals surface area contributed by atoms with Gasteiger partial charge in [0.1, 0.15) is 6.54 Å². The molecule has 0 spiro atoms. The zero-order valence-corrected chi connectivity index (χ0v) is 15.9. The van der Waals surface area contributed by atoms with Gasteiger partial charge in [0, 0.05) is 26.2 Å². The summed E-state index contributed by atoms with van der Waals surface area (Å²) in [7, 11) is -4.08. The number of hydrogen-bond donors (Lipinski definition) is 0. The first-order chi connectivity index (χ1) is 12.4. The molecule has 142 valence electrons. The topological polar surface area (TPSA) is 78.0 Å². The second-order valence-electron chi connectivity index (χ2n) is 6.89. The zero-order valence-electron chi connectivity index (χ0n) is 15.1. The highest BCUT2D eigenvalue weighted by Crippen LogP contribution is 2.21. The molecule has 26 heavy (non-hydrogen) atoms. The van der Waals surface area contributed by atoms with Gasteiger partial charge in [-0.15, -0.1) is 0 Å². The standard InChI is InChI=1S/C18H25N3O4S/c1-15-6-8-16(9-7-15)26(24,25)21(18(23)20-12-4-5-13-20)14-17(22)19-10-2-3-11-19/h6-9H,2-5,10-14H2,1H3. The second kappa shape index (κ2) is 7.65. The number of benzene rings is 1. The maximum Gasteiger partial charge on any atom is 0.334 e. The third kappa shape index (κ3) is 3.85. The van der Waals surface area contributed by atoms with Crippen LogP contribution in [-0.4, -0.2) is 67.2 Å². The number of hydrogen-bond acceptors (Lipinski definition) is 4. The van der Waals surface area contributed by atoms with Crippen molar-refractivity contribution in [1.82, 2.24) is 14.1 Å². The first-order valence-corrected chi connectivity index (χ1v) is 10.5. The van der Waals surface area contributed by atoms with Crippen molar-refractivity contribution in [2.75, 3.05) is 32.7 Å². The van der Waals surface area contributed by atoms with Crippen molar-refractivity contribution in [3.05, 3.63) is 29.8 Å². The Hall–Kier alpha value is -2.09. The highest BCUT2D eigenvalue weighted by molar-refractivity contribution is 7.89. The van der Waals surface area contributed by atoms with E-state index in [4.69, 9.17) is 0 Å². The molecule has 2 saturated heterocycles. The van der Waals surface area contributed by atoms with Gasteiger partial charge in [0.25, 0.3) is 10.0 Å². The molecule has 2 heterocycles. The smallest absolute Gasteiger partial charge is 0.334 e. The second-order valence-corrected chi connectivity index (χ2v) is 8.75. The summed E-state index contributed by atoms with van der Waals surface area (Å²) in [5, 5.41) is 0. The molecule has 2 fully saturated rings. The van der Waals surface area contributed by atoms with E-state index >= 15 is 0 Å². The maximum absolute atomic E-state index is 13.1. The van der Waals surface area contributed by atoms with Crippen molar-refractivity contribution in [3.63, 3.8) is 0 Å². The van der Waals surface area contributed by atoms with Crippen LogP contribution in [0.3, 0.4) is 0 Å². The Bertz CT molecular complexity index is 764. The Morgan fingerprint density at radius 2 is 1.42 bits per heavy atom. The molecule has 7 nitrogen and oxygen atoms in total. The molecule has 2 aliphatic rings. The van der Waals surface area contributed by atoms with Gasteiger partial charge in [-0.2, -0.15) is 0 Å². The van der Waals surface area contributed by atoms with E-state index in [-0.39, 0.29) is 10.8 Å². The summed E-state index contributed by atoms with van der Waals surface area (Å²) in [4.78, 5) is 28.6. The van der Waals surface area contributed by atoms with E-state index in [0.717, 1.165) is 35.6 Å². The quantitative estimate of drug-likeness (QED) is 0.799. The third-order valence-corrected chi connectivity index (χ3v) is 6.67. The van der Waals surface area contributed by atoms with Gasteiger partial charge in [-0.1, -0.05) is 17.7 Å². The Morgan fingerprint density at radius 1 is 0.923 bits per heavy atom. The molecule has 0 saturated carbocycles. The van der Waals surface area contributed by atoms with Gasteiger partial charge in [-0.3, -0.25) is 4.79 Å². The van der Waals surface area contributed by atoms with Crippen LogP contribution in [0, 0.1) is 6.92 Å². The predicted octanol–water partition coefficient (Wildman–Crippen LogP) is 1.82. The van der Waals surface area contributed by atoms with E-state index in [1.807, 2.05) is 6.92 Å². The van der Waals surface area contributed by atoms with E-state index in [1.165, 1.54) is 17.0 Å². The molecule has 0 bridgehead atoms. The summed E-state index contributed by atoms with van der Waals surface area (Å²) in [5.41, 5.74) is 0.925. The molecular formula is C18H25N3O4S. The summed E-state index contributed by atoms with van der Waals surface area (Å²) in [6.07, 6.45) is 3.53. The highest BCUT2D eigenvalue weighted by atomic mass is 32.2. The average molecular weight is 379 g/mol. The first-order valence-electron chi connectivity index (χ1n) is 9.06. The van der Waals surface area contributed by atoms with Crippen molar-refractivity contribution >= 4 is 22.0 Å². The average Bonchev–Trinajstić information content (AvgIpc) is 3.32. The fourth-order valence-corrected chi connectivity index (χ4v) is 4.68. The SMILES string of the molecule is Cc1ccc(S(=O)(=O)N(CC(=O)N2CCCC2)C(=O)N2CCCC2)cc1. The lowest BCUT2D eigenvalue weighted by molar-refractivity contribution is -0.130. The molecule has 2 aliphatic heterocycles. The fourth-order valence-electron chi connectivity index (χ4n) is 3.35. The molecule has 0 unspecified atom stereocenters. The minimum Gasteiger partial charge on any atom is -0.341 e. The molecule has 0 aliphatic carbocycles. The molecule has 3 rings (SSSR count). The van der Waals surface area contributed by atoms with Crippen LogP contribution < -0.4 is 0 Å². The summed E-state index contributed by atoms with van der Waals surface area (Å²) in [5.74, 6) is -0.314. The molecular weight excluding hydrogens is 354 g/mol. The predicted molar refractivity (Wildman–Crippen MR) is 97.1 cm³/mol. The van der Waals surface area contributed by atoms with Crippen molar-refractivity contribution in [2.45, 2.75) is 37.5 Å². The maximum atomic E-state index is 13.1. The van der Waals surface area contributed by atoms with Crippen LogP contribution in [0.1, 0.15) is 31.2 Å². The van der Waals surface area contributed by atoms with Crippen molar-refractivity contribution in [2.24, 2.45) is 0 Å².